The van der Waals surface area contributed by atoms with Gasteiger partial charge in [0.15, 0.2) is 12.6 Å². The van der Waals surface area contributed by atoms with Gasteiger partial charge in [-0.1, -0.05) is 44.9 Å². The van der Waals surface area contributed by atoms with E-state index < -0.39 is 42.7 Å². The van der Waals surface area contributed by atoms with Crippen molar-refractivity contribution in [1.29, 1.82) is 0 Å². The van der Waals surface area contributed by atoms with Gasteiger partial charge in [0.1, 0.15) is 12.2 Å². The zero-order valence-electron chi connectivity index (χ0n) is 25.7. The number of terminal acetylenes is 1. The monoisotopic (exact) mass is 587 g/mol. The first-order valence-corrected chi connectivity index (χ1v) is 15.7. The Hall–Kier alpha value is -1.77. The van der Waals surface area contributed by atoms with Crippen LogP contribution in [0.5, 0.6) is 0 Å². The van der Waals surface area contributed by atoms with Crippen LogP contribution in [0.4, 0.5) is 0 Å². The Morgan fingerprint density at radius 3 is 2.76 bits per heavy atom. The number of hydrogen-bond acceptors (Lipinski definition) is 8. The minimum atomic E-state index is -0.976. The molecular formula is C33H49NO8. The summed E-state index contributed by atoms with van der Waals surface area (Å²) in [6, 6.07) is 0. The van der Waals surface area contributed by atoms with Crippen molar-refractivity contribution in [1.82, 2.24) is 5.32 Å². The minimum absolute atomic E-state index is 0.0263. The number of carbonyl (C=O) groups is 1. The highest BCUT2D eigenvalue weighted by Gasteiger charge is 2.56. The smallest absolute Gasteiger partial charge is 0.295 e. The van der Waals surface area contributed by atoms with E-state index in [2.05, 4.69) is 39.1 Å². The zero-order valence-corrected chi connectivity index (χ0v) is 25.7. The molecule has 0 spiro atoms. The van der Waals surface area contributed by atoms with Crippen LogP contribution in [-0.4, -0.2) is 86.6 Å². The molecule has 5 rings (SSSR count). The number of aliphatic hydroxyl groups excluding tert-OH is 2. The van der Waals surface area contributed by atoms with E-state index in [4.69, 9.17) is 30.1 Å². The van der Waals surface area contributed by atoms with E-state index in [1.165, 1.54) is 11.1 Å². The highest BCUT2D eigenvalue weighted by atomic mass is 16.7. The zero-order chi connectivity index (χ0) is 30.2. The van der Waals surface area contributed by atoms with Crippen molar-refractivity contribution >= 4 is 5.91 Å². The molecule has 5 aliphatic rings. The third-order valence-electron chi connectivity index (χ3n) is 10.4. The van der Waals surface area contributed by atoms with E-state index in [1.54, 1.807) is 7.11 Å². The van der Waals surface area contributed by atoms with Gasteiger partial charge in [-0.25, -0.2) is 0 Å². The van der Waals surface area contributed by atoms with Gasteiger partial charge in [0.25, 0.3) is 5.91 Å². The first kappa shape index (κ1) is 31.6. The fraction of sp³-hybridized carbons (Fsp3) is 0.788. The van der Waals surface area contributed by atoms with E-state index in [9.17, 15) is 15.0 Å². The van der Waals surface area contributed by atoms with Crippen molar-refractivity contribution in [2.75, 3.05) is 33.5 Å². The Balaban J connectivity index is 1.35. The number of aliphatic hydroxyl groups is 2. The van der Waals surface area contributed by atoms with Gasteiger partial charge in [-0.15, -0.1) is 6.42 Å². The van der Waals surface area contributed by atoms with Gasteiger partial charge in [0.05, 0.1) is 37.9 Å². The van der Waals surface area contributed by atoms with Gasteiger partial charge in [0.2, 0.25) is 0 Å². The Morgan fingerprint density at radius 2 is 2.05 bits per heavy atom. The molecule has 42 heavy (non-hydrogen) atoms. The summed E-state index contributed by atoms with van der Waals surface area (Å²) in [5.41, 5.74) is 3.66. The minimum Gasteiger partial charge on any atom is -0.390 e. The van der Waals surface area contributed by atoms with Crippen LogP contribution in [0.25, 0.3) is 0 Å². The Labute approximate surface area is 250 Å². The predicted molar refractivity (Wildman–Crippen MR) is 156 cm³/mol. The van der Waals surface area contributed by atoms with Gasteiger partial charge >= 0.3 is 0 Å². The fourth-order valence-corrected chi connectivity index (χ4v) is 8.15. The van der Waals surface area contributed by atoms with Crippen LogP contribution >= 0.6 is 0 Å². The SMILES string of the molecule is C#CC(=O)NCCCO[C@@H]1OC[C@H]2O[C@H](O[C@@H]3C4=C(C(C)C)CC[C@]4(C)/C=C4/[C@@H](COC)CC[C@H]4[C@@H](C)[C@H]3O)C(O)C12. The standard InChI is InChI=1S/C33H49NO8/c1-7-25(35)34-13-8-14-39-31-26-24(17-40-31)41-32(29(26)37)42-30-27-21(18(2)3)11-12-33(27,5)15-23-20(16-38-6)9-10-22(23)19(4)28(30)36/h1,15,18-20,22,24,26,28-32,36-37H,8-14,16-17H2,2-6H3,(H,34,35)/b23-15-/t19-,20-,22+,24-,26?,28-,29?,30-,31-,32-,33-/m1/s1. The highest BCUT2D eigenvalue weighted by molar-refractivity contribution is 5.92. The molecule has 0 bridgehead atoms. The summed E-state index contributed by atoms with van der Waals surface area (Å²) in [6.45, 7) is 10.5. The summed E-state index contributed by atoms with van der Waals surface area (Å²) in [5, 5.41) is 26.1. The molecular weight excluding hydrogens is 538 g/mol. The molecule has 11 atom stereocenters. The summed E-state index contributed by atoms with van der Waals surface area (Å²) < 4.78 is 30.3. The molecule has 234 valence electrons. The summed E-state index contributed by atoms with van der Waals surface area (Å²) in [4.78, 5) is 11.2. The molecule has 2 heterocycles. The van der Waals surface area contributed by atoms with Crippen molar-refractivity contribution in [3.05, 3.63) is 22.8 Å². The average Bonchev–Trinajstić information content (AvgIpc) is 3.70. The lowest BCUT2D eigenvalue weighted by atomic mass is 9.68. The second kappa shape index (κ2) is 13.1. The number of rotatable bonds is 10. The molecule has 0 aromatic carbocycles. The van der Waals surface area contributed by atoms with Crippen LogP contribution in [0.3, 0.4) is 0 Å². The van der Waals surface area contributed by atoms with Gasteiger partial charge in [-0.05, 0) is 61.4 Å². The van der Waals surface area contributed by atoms with Gasteiger partial charge < -0.3 is 39.2 Å². The molecule has 0 aromatic heterocycles. The van der Waals surface area contributed by atoms with Crippen molar-refractivity contribution < 1.29 is 38.7 Å². The number of nitrogens with one attached hydrogen (secondary N) is 1. The third-order valence-corrected chi connectivity index (χ3v) is 10.4. The molecule has 3 fully saturated rings. The van der Waals surface area contributed by atoms with Crippen molar-refractivity contribution in [3.8, 4) is 12.3 Å². The highest BCUT2D eigenvalue weighted by Crippen LogP contribution is 2.56. The largest absolute Gasteiger partial charge is 0.390 e. The Morgan fingerprint density at radius 1 is 1.26 bits per heavy atom. The second-order valence-electron chi connectivity index (χ2n) is 13.3. The number of fused-ring (bicyclic) bond motifs is 3. The molecule has 3 aliphatic carbocycles. The first-order chi connectivity index (χ1) is 20.1. The third kappa shape index (κ3) is 5.97. The van der Waals surface area contributed by atoms with Gasteiger partial charge in [-0.2, -0.15) is 0 Å². The lowest BCUT2D eigenvalue weighted by Crippen LogP contribution is -2.47. The summed E-state index contributed by atoms with van der Waals surface area (Å²) in [6.07, 6.45) is 7.88. The number of carbonyl (C=O) groups excluding carboxylic acids is 1. The number of amides is 1. The topological polar surface area (TPSA) is 116 Å². The van der Waals surface area contributed by atoms with Crippen molar-refractivity contribution in [2.24, 2.45) is 35.0 Å². The predicted octanol–water partition coefficient (Wildman–Crippen LogP) is 2.95. The molecule has 0 aromatic rings. The molecule has 9 nitrogen and oxygen atoms in total. The number of methoxy groups -OCH3 is 1. The normalized spacial score (nSPS) is 42.4. The summed E-state index contributed by atoms with van der Waals surface area (Å²) in [5.74, 6) is 2.07. The van der Waals surface area contributed by atoms with Crippen LogP contribution in [0, 0.1) is 47.3 Å². The number of ether oxygens (including phenoxy) is 5. The fourth-order valence-electron chi connectivity index (χ4n) is 8.15. The lowest BCUT2D eigenvalue weighted by Gasteiger charge is -2.43. The van der Waals surface area contributed by atoms with E-state index >= 15 is 0 Å². The molecule has 2 unspecified atom stereocenters. The maximum absolute atomic E-state index is 12.0. The van der Waals surface area contributed by atoms with E-state index in [-0.39, 0.29) is 30.0 Å². The first-order valence-electron chi connectivity index (χ1n) is 15.7. The lowest BCUT2D eigenvalue weighted by molar-refractivity contribution is -0.224. The Bertz CT molecular complexity index is 1100. The Kier molecular flexibility index (Phi) is 9.85. The molecule has 3 N–H and O–H groups in total. The molecule has 0 radical (unpaired) electrons. The van der Waals surface area contributed by atoms with E-state index in [0.29, 0.717) is 38.0 Å². The second-order valence-corrected chi connectivity index (χ2v) is 13.3. The molecule has 1 saturated carbocycles. The summed E-state index contributed by atoms with van der Waals surface area (Å²) >= 11 is 0. The molecule has 2 saturated heterocycles. The number of hydrogen-bond donors (Lipinski definition) is 3. The van der Waals surface area contributed by atoms with Crippen LogP contribution in [0.1, 0.15) is 59.8 Å². The maximum atomic E-state index is 12.0. The maximum Gasteiger partial charge on any atom is 0.295 e. The van der Waals surface area contributed by atoms with Crippen LogP contribution in [0.2, 0.25) is 0 Å². The van der Waals surface area contributed by atoms with E-state index in [0.717, 1.165) is 31.3 Å². The molecule has 2 aliphatic heterocycles. The van der Waals surface area contributed by atoms with Crippen molar-refractivity contribution in [3.63, 3.8) is 0 Å². The van der Waals surface area contributed by atoms with Gasteiger partial charge in [0, 0.05) is 25.0 Å². The summed E-state index contributed by atoms with van der Waals surface area (Å²) in [7, 11) is 1.77. The van der Waals surface area contributed by atoms with Crippen LogP contribution < -0.4 is 5.32 Å². The van der Waals surface area contributed by atoms with E-state index in [1.807, 2.05) is 5.92 Å². The number of allylic oxidation sites excluding steroid dienone is 2. The average molecular weight is 588 g/mol. The van der Waals surface area contributed by atoms with Crippen LogP contribution in [-0.2, 0) is 28.5 Å². The van der Waals surface area contributed by atoms with Crippen molar-refractivity contribution in [2.45, 2.75) is 96.8 Å². The molecule has 9 heteroatoms. The van der Waals surface area contributed by atoms with Crippen LogP contribution in [0.15, 0.2) is 22.8 Å². The quantitative estimate of drug-likeness (QED) is 0.203. The van der Waals surface area contributed by atoms with Gasteiger partial charge in [-0.3, -0.25) is 4.79 Å². The molecule has 1 amide bonds.